The van der Waals surface area contributed by atoms with Crippen molar-refractivity contribution in [3.8, 4) is 0 Å². The van der Waals surface area contributed by atoms with Gasteiger partial charge in [-0.05, 0) is 33.1 Å². The molecule has 62 valence electrons. The third-order valence-corrected chi connectivity index (χ3v) is 3.10. The molecule has 0 aromatic rings. The minimum atomic E-state index is 0.159. The third kappa shape index (κ3) is 1.09. The molecule has 11 heavy (non-hydrogen) atoms. The smallest absolute Gasteiger partial charge is 0.133 e. The molecule has 1 heterocycles. The number of carbonyl (C=O) groups is 1. The van der Waals surface area contributed by atoms with E-state index in [0.717, 1.165) is 19.3 Å². The van der Waals surface area contributed by atoms with E-state index in [2.05, 4.69) is 6.92 Å². The van der Waals surface area contributed by atoms with Crippen molar-refractivity contribution in [3.05, 3.63) is 0 Å². The van der Waals surface area contributed by atoms with Gasteiger partial charge in [0.1, 0.15) is 5.78 Å². The maximum atomic E-state index is 11.0. The van der Waals surface area contributed by atoms with Crippen molar-refractivity contribution in [2.45, 2.75) is 44.8 Å². The molecule has 0 amide bonds. The van der Waals surface area contributed by atoms with Crippen molar-refractivity contribution in [1.29, 1.82) is 0 Å². The fourth-order valence-electron chi connectivity index (χ4n) is 2.01. The first-order chi connectivity index (χ1) is 5.12. The van der Waals surface area contributed by atoms with Crippen LogP contribution in [0.15, 0.2) is 0 Å². The summed E-state index contributed by atoms with van der Waals surface area (Å²) in [7, 11) is 0. The van der Waals surface area contributed by atoms with Gasteiger partial charge >= 0.3 is 0 Å². The third-order valence-electron chi connectivity index (χ3n) is 3.10. The van der Waals surface area contributed by atoms with Crippen LogP contribution in [0.4, 0.5) is 0 Å². The molecule has 2 nitrogen and oxygen atoms in total. The van der Waals surface area contributed by atoms with Crippen LogP contribution in [-0.4, -0.2) is 17.5 Å². The SMILES string of the molecule is CC(=O)[C@H]1CC[C@@]2(C)O[C@@H]2C1. The van der Waals surface area contributed by atoms with Crippen molar-refractivity contribution < 1.29 is 9.53 Å². The Morgan fingerprint density at radius 2 is 2.36 bits per heavy atom. The van der Waals surface area contributed by atoms with Gasteiger partial charge in [0.15, 0.2) is 0 Å². The van der Waals surface area contributed by atoms with Crippen LogP contribution in [-0.2, 0) is 9.53 Å². The molecule has 1 saturated carbocycles. The Morgan fingerprint density at radius 3 is 2.91 bits per heavy atom. The van der Waals surface area contributed by atoms with Gasteiger partial charge in [-0.3, -0.25) is 4.79 Å². The molecule has 1 saturated heterocycles. The predicted molar refractivity (Wildman–Crippen MR) is 41.3 cm³/mol. The predicted octanol–water partition coefficient (Wildman–Crippen LogP) is 1.53. The van der Waals surface area contributed by atoms with Gasteiger partial charge in [0.2, 0.25) is 0 Å². The molecule has 0 N–H and O–H groups in total. The first-order valence-corrected chi connectivity index (χ1v) is 4.30. The van der Waals surface area contributed by atoms with Gasteiger partial charge < -0.3 is 4.74 Å². The van der Waals surface area contributed by atoms with Gasteiger partial charge in [-0.25, -0.2) is 0 Å². The molecular formula is C9H14O2. The molecule has 2 aliphatic rings. The monoisotopic (exact) mass is 154 g/mol. The molecule has 0 aromatic carbocycles. The van der Waals surface area contributed by atoms with Crippen LogP contribution < -0.4 is 0 Å². The van der Waals surface area contributed by atoms with E-state index in [0.29, 0.717) is 11.9 Å². The van der Waals surface area contributed by atoms with Crippen LogP contribution in [0.2, 0.25) is 0 Å². The average Bonchev–Trinajstić information content (AvgIpc) is 2.58. The fraction of sp³-hybridized carbons (Fsp3) is 0.889. The second kappa shape index (κ2) is 2.07. The van der Waals surface area contributed by atoms with Crippen molar-refractivity contribution >= 4 is 5.78 Å². The van der Waals surface area contributed by atoms with Crippen molar-refractivity contribution in [1.82, 2.24) is 0 Å². The van der Waals surface area contributed by atoms with Crippen LogP contribution in [0, 0.1) is 5.92 Å². The van der Waals surface area contributed by atoms with Crippen LogP contribution in [0.1, 0.15) is 33.1 Å². The Balaban J connectivity index is 1.98. The Labute approximate surface area is 66.9 Å². The number of ketones is 1. The first-order valence-electron chi connectivity index (χ1n) is 4.30. The number of ether oxygens (including phenoxy) is 1. The second-order valence-corrected chi connectivity index (χ2v) is 4.00. The number of rotatable bonds is 1. The molecule has 0 spiro atoms. The lowest BCUT2D eigenvalue weighted by Crippen LogP contribution is -2.25. The molecule has 3 atom stereocenters. The van der Waals surface area contributed by atoms with Crippen LogP contribution in [0.25, 0.3) is 0 Å². The number of fused-ring (bicyclic) bond motifs is 1. The fourth-order valence-corrected chi connectivity index (χ4v) is 2.01. The summed E-state index contributed by atoms with van der Waals surface area (Å²) in [6.07, 6.45) is 3.46. The highest BCUT2D eigenvalue weighted by Gasteiger charge is 2.55. The largest absolute Gasteiger partial charge is 0.366 e. The van der Waals surface area contributed by atoms with Gasteiger partial charge in [-0.1, -0.05) is 0 Å². The molecule has 0 radical (unpaired) electrons. The van der Waals surface area contributed by atoms with Crippen LogP contribution in [0.5, 0.6) is 0 Å². The topological polar surface area (TPSA) is 29.6 Å². The van der Waals surface area contributed by atoms with E-state index >= 15 is 0 Å². The molecule has 1 aliphatic carbocycles. The first kappa shape index (κ1) is 7.29. The van der Waals surface area contributed by atoms with E-state index < -0.39 is 0 Å². The Bertz CT molecular complexity index is 200. The number of hydrogen-bond donors (Lipinski definition) is 0. The van der Waals surface area contributed by atoms with Gasteiger partial charge in [0.25, 0.3) is 0 Å². The normalized spacial score (nSPS) is 48.2. The molecular weight excluding hydrogens is 140 g/mol. The van der Waals surface area contributed by atoms with Gasteiger partial charge in [0.05, 0.1) is 11.7 Å². The lowest BCUT2D eigenvalue weighted by Gasteiger charge is -2.19. The van der Waals surface area contributed by atoms with E-state index in [1.807, 2.05) is 0 Å². The van der Waals surface area contributed by atoms with E-state index in [4.69, 9.17) is 4.74 Å². The second-order valence-electron chi connectivity index (χ2n) is 4.00. The minimum absolute atomic E-state index is 0.159. The highest BCUT2D eigenvalue weighted by atomic mass is 16.6. The van der Waals surface area contributed by atoms with Crippen molar-refractivity contribution in [2.24, 2.45) is 5.92 Å². The highest BCUT2D eigenvalue weighted by Crippen LogP contribution is 2.49. The Morgan fingerprint density at radius 1 is 1.64 bits per heavy atom. The van der Waals surface area contributed by atoms with Crippen LogP contribution in [0.3, 0.4) is 0 Å². The maximum absolute atomic E-state index is 11.0. The summed E-state index contributed by atoms with van der Waals surface area (Å²) in [4.78, 5) is 11.0. The summed E-state index contributed by atoms with van der Waals surface area (Å²) in [6.45, 7) is 3.84. The summed E-state index contributed by atoms with van der Waals surface area (Å²) >= 11 is 0. The number of carbonyl (C=O) groups excluding carboxylic acids is 1. The summed E-state index contributed by atoms with van der Waals surface area (Å²) in [5.41, 5.74) is 0.159. The number of epoxide rings is 1. The van der Waals surface area contributed by atoms with Gasteiger partial charge in [-0.2, -0.15) is 0 Å². The van der Waals surface area contributed by atoms with Crippen LogP contribution >= 0.6 is 0 Å². The maximum Gasteiger partial charge on any atom is 0.133 e. The van der Waals surface area contributed by atoms with Gasteiger partial charge in [0, 0.05) is 5.92 Å². The number of hydrogen-bond acceptors (Lipinski definition) is 2. The van der Waals surface area contributed by atoms with Gasteiger partial charge in [-0.15, -0.1) is 0 Å². The molecule has 0 aromatic heterocycles. The summed E-state index contributed by atoms with van der Waals surface area (Å²) in [5, 5.41) is 0. The summed E-state index contributed by atoms with van der Waals surface area (Å²) in [5.74, 6) is 0.623. The lowest BCUT2D eigenvalue weighted by atomic mass is 9.81. The molecule has 0 unspecified atom stereocenters. The molecule has 2 rings (SSSR count). The summed E-state index contributed by atoms with van der Waals surface area (Å²) < 4.78 is 5.49. The summed E-state index contributed by atoms with van der Waals surface area (Å²) in [6, 6.07) is 0. The highest BCUT2D eigenvalue weighted by molar-refractivity contribution is 5.78. The van der Waals surface area contributed by atoms with E-state index in [1.54, 1.807) is 6.92 Å². The standard InChI is InChI=1S/C9H14O2/c1-6(10)7-3-4-9(2)8(5-7)11-9/h7-8H,3-5H2,1-2H3/t7-,8+,9+/m0/s1. The minimum Gasteiger partial charge on any atom is -0.366 e. The Hall–Kier alpha value is -0.370. The lowest BCUT2D eigenvalue weighted by molar-refractivity contribution is -0.121. The number of Topliss-reactive ketones (excluding diaryl/α,β-unsaturated/α-hetero) is 1. The van der Waals surface area contributed by atoms with Crippen molar-refractivity contribution in [3.63, 3.8) is 0 Å². The quantitative estimate of drug-likeness (QED) is 0.536. The van der Waals surface area contributed by atoms with E-state index in [-0.39, 0.29) is 11.5 Å². The zero-order valence-corrected chi connectivity index (χ0v) is 7.09. The molecule has 0 bridgehead atoms. The zero-order chi connectivity index (χ0) is 8.06. The Kier molecular flexibility index (Phi) is 1.37. The molecule has 1 aliphatic heterocycles. The van der Waals surface area contributed by atoms with E-state index in [9.17, 15) is 4.79 Å². The molecule has 2 heteroatoms. The van der Waals surface area contributed by atoms with Crippen molar-refractivity contribution in [2.75, 3.05) is 0 Å². The molecule has 2 fully saturated rings. The zero-order valence-electron chi connectivity index (χ0n) is 7.09. The average molecular weight is 154 g/mol. The van der Waals surface area contributed by atoms with E-state index in [1.165, 1.54) is 0 Å².